The van der Waals surface area contributed by atoms with Crippen LogP contribution in [0.25, 0.3) is 0 Å². The summed E-state index contributed by atoms with van der Waals surface area (Å²) in [5, 5.41) is 0. The lowest BCUT2D eigenvalue weighted by Gasteiger charge is -2.31. The minimum absolute atomic E-state index is 0.256. The number of hydrogen-bond donors (Lipinski definition) is 0. The molecule has 1 heterocycles. The van der Waals surface area contributed by atoms with E-state index >= 15 is 0 Å². The minimum atomic E-state index is -0.460. The molecule has 0 amide bonds. The molecule has 2 atom stereocenters. The van der Waals surface area contributed by atoms with Crippen molar-refractivity contribution in [2.45, 2.75) is 39.2 Å². The van der Waals surface area contributed by atoms with Gasteiger partial charge in [-0.2, -0.15) is 4.39 Å². The molecule has 1 aliphatic rings. The van der Waals surface area contributed by atoms with Crippen molar-refractivity contribution in [1.82, 2.24) is 4.98 Å². The fourth-order valence-corrected chi connectivity index (χ4v) is 2.59. The van der Waals surface area contributed by atoms with Crippen LogP contribution < -0.4 is 4.74 Å². The molecule has 2 rings (SSSR count). The van der Waals surface area contributed by atoms with Crippen molar-refractivity contribution in [3.63, 3.8) is 0 Å². The molecule has 0 saturated heterocycles. The smallest absolute Gasteiger partial charge is 0.213 e. The van der Waals surface area contributed by atoms with E-state index in [9.17, 15) is 4.39 Å². The van der Waals surface area contributed by atoms with Crippen molar-refractivity contribution in [1.29, 1.82) is 0 Å². The molecule has 1 aromatic rings. The van der Waals surface area contributed by atoms with Gasteiger partial charge in [-0.1, -0.05) is 13.8 Å². The van der Waals surface area contributed by atoms with Crippen LogP contribution in [0.1, 0.15) is 33.1 Å². The van der Waals surface area contributed by atoms with Crippen LogP contribution in [0.4, 0.5) is 4.39 Å². The highest BCUT2D eigenvalue weighted by Crippen LogP contribution is 2.31. The maximum atomic E-state index is 12.6. The molecule has 2 unspecified atom stereocenters. The summed E-state index contributed by atoms with van der Waals surface area (Å²) >= 11 is 0. The predicted molar refractivity (Wildman–Crippen MR) is 60.8 cm³/mol. The molecule has 1 aliphatic carbocycles. The molecular weight excluding hydrogens is 205 g/mol. The summed E-state index contributed by atoms with van der Waals surface area (Å²) in [6, 6.07) is 2.98. The van der Waals surface area contributed by atoms with Gasteiger partial charge in [-0.05, 0) is 43.2 Å². The molecule has 0 bridgehead atoms. The van der Waals surface area contributed by atoms with Gasteiger partial charge in [-0.3, -0.25) is 0 Å². The molecule has 0 spiro atoms. The Morgan fingerprint density at radius 2 is 1.88 bits per heavy atom. The van der Waals surface area contributed by atoms with Gasteiger partial charge >= 0.3 is 0 Å². The predicted octanol–water partition coefficient (Wildman–Crippen LogP) is 3.42. The monoisotopic (exact) mass is 223 g/mol. The number of pyridine rings is 1. The zero-order valence-electron chi connectivity index (χ0n) is 9.82. The number of halogens is 1. The van der Waals surface area contributed by atoms with E-state index in [1.165, 1.54) is 18.7 Å². The largest absolute Gasteiger partial charge is 0.489 e. The zero-order valence-corrected chi connectivity index (χ0v) is 9.82. The third kappa shape index (κ3) is 2.94. The van der Waals surface area contributed by atoms with E-state index in [0.29, 0.717) is 17.6 Å². The molecule has 2 nitrogen and oxygen atoms in total. The number of rotatable bonds is 2. The van der Waals surface area contributed by atoms with E-state index in [2.05, 4.69) is 18.8 Å². The van der Waals surface area contributed by atoms with E-state index in [0.717, 1.165) is 12.8 Å². The molecule has 3 heteroatoms. The molecule has 1 saturated carbocycles. The minimum Gasteiger partial charge on any atom is -0.489 e. The number of hydrogen-bond acceptors (Lipinski definition) is 2. The van der Waals surface area contributed by atoms with Gasteiger partial charge in [0.1, 0.15) is 5.75 Å². The van der Waals surface area contributed by atoms with Gasteiger partial charge in [-0.25, -0.2) is 4.98 Å². The first-order valence-electron chi connectivity index (χ1n) is 5.91. The van der Waals surface area contributed by atoms with Crippen molar-refractivity contribution in [3.8, 4) is 5.75 Å². The van der Waals surface area contributed by atoms with Gasteiger partial charge < -0.3 is 4.74 Å². The van der Waals surface area contributed by atoms with Crippen LogP contribution >= 0.6 is 0 Å². The van der Waals surface area contributed by atoms with Crippen LogP contribution in [0.15, 0.2) is 18.3 Å². The quantitative estimate of drug-likeness (QED) is 0.717. The Morgan fingerprint density at radius 1 is 1.19 bits per heavy atom. The van der Waals surface area contributed by atoms with Crippen LogP contribution in [0.2, 0.25) is 0 Å². The Hall–Kier alpha value is -1.12. The topological polar surface area (TPSA) is 22.1 Å². The van der Waals surface area contributed by atoms with Crippen LogP contribution in [0.3, 0.4) is 0 Å². The second kappa shape index (κ2) is 4.81. The van der Waals surface area contributed by atoms with Crippen molar-refractivity contribution in [2.24, 2.45) is 11.8 Å². The van der Waals surface area contributed by atoms with Gasteiger partial charge in [0.25, 0.3) is 0 Å². The van der Waals surface area contributed by atoms with E-state index in [4.69, 9.17) is 4.74 Å². The van der Waals surface area contributed by atoms with Crippen LogP contribution in [0.5, 0.6) is 5.75 Å². The summed E-state index contributed by atoms with van der Waals surface area (Å²) in [5.74, 6) is 1.63. The number of aromatic nitrogens is 1. The highest BCUT2D eigenvalue weighted by Gasteiger charge is 2.25. The highest BCUT2D eigenvalue weighted by molar-refractivity contribution is 5.16. The Bertz CT molecular complexity index is 328. The summed E-state index contributed by atoms with van der Waals surface area (Å²) < 4.78 is 18.4. The molecule has 0 aliphatic heterocycles. The Balaban J connectivity index is 1.96. The summed E-state index contributed by atoms with van der Waals surface area (Å²) in [5.41, 5.74) is 0. The van der Waals surface area contributed by atoms with Crippen molar-refractivity contribution in [2.75, 3.05) is 0 Å². The maximum Gasteiger partial charge on any atom is 0.213 e. The van der Waals surface area contributed by atoms with Gasteiger partial charge in [0.05, 0.1) is 12.3 Å². The van der Waals surface area contributed by atoms with Gasteiger partial charge in [0, 0.05) is 0 Å². The van der Waals surface area contributed by atoms with Crippen molar-refractivity contribution < 1.29 is 9.13 Å². The normalized spacial score (nSPS) is 30.1. The first-order chi connectivity index (χ1) is 7.63. The number of nitrogens with zero attached hydrogens (tertiary/aromatic N) is 1. The molecular formula is C13H18FNO. The third-order valence-corrected chi connectivity index (χ3v) is 3.14. The fraction of sp³-hybridized carbons (Fsp3) is 0.615. The summed E-state index contributed by atoms with van der Waals surface area (Å²) in [4.78, 5) is 3.59. The Labute approximate surface area is 95.8 Å². The standard InChI is InChI=1S/C13H18FNO/c1-9-5-10(2)7-12(6-9)16-11-3-4-13(14)15-8-11/h3-4,8-10,12H,5-7H2,1-2H3. The Morgan fingerprint density at radius 3 is 2.44 bits per heavy atom. The van der Waals surface area contributed by atoms with Crippen LogP contribution in [-0.4, -0.2) is 11.1 Å². The lowest BCUT2D eigenvalue weighted by Crippen LogP contribution is -2.28. The fourth-order valence-electron chi connectivity index (χ4n) is 2.59. The van der Waals surface area contributed by atoms with E-state index in [-0.39, 0.29) is 6.10 Å². The first-order valence-corrected chi connectivity index (χ1v) is 5.91. The van der Waals surface area contributed by atoms with Gasteiger partial charge in [-0.15, -0.1) is 0 Å². The molecule has 0 N–H and O–H groups in total. The third-order valence-electron chi connectivity index (χ3n) is 3.14. The Kier molecular flexibility index (Phi) is 3.42. The zero-order chi connectivity index (χ0) is 11.5. The molecule has 0 aromatic carbocycles. The molecule has 1 fully saturated rings. The summed E-state index contributed by atoms with van der Waals surface area (Å²) in [7, 11) is 0. The van der Waals surface area contributed by atoms with E-state index < -0.39 is 5.95 Å². The second-order valence-electron chi connectivity index (χ2n) is 4.97. The van der Waals surface area contributed by atoms with Gasteiger partial charge in [0.15, 0.2) is 0 Å². The van der Waals surface area contributed by atoms with Crippen LogP contribution in [0, 0.1) is 17.8 Å². The highest BCUT2D eigenvalue weighted by atomic mass is 19.1. The molecule has 0 radical (unpaired) electrons. The average Bonchev–Trinajstić information content (AvgIpc) is 2.20. The maximum absolute atomic E-state index is 12.6. The van der Waals surface area contributed by atoms with Crippen LogP contribution in [-0.2, 0) is 0 Å². The second-order valence-corrected chi connectivity index (χ2v) is 4.97. The van der Waals surface area contributed by atoms with Crippen molar-refractivity contribution >= 4 is 0 Å². The summed E-state index contributed by atoms with van der Waals surface area (Å²) in [6.07, 6.45) is 5.16. The van der Waals surface area contributed by atoms with Gasteiger partial charge in [0.2, 0.25) is 5.95 Å². The lowest BCUT2D eigenvalue weighted by atomic mass is 9.82. The SMILES string of the molecule is CC1CC(C)CC(Oc2ccc(F)nc2)C1. The van der Waals surface area contributed by atoms with E-state index in [1.807, 2.05) is 0 Å². The molecule has 88 valence electrons. The average molecular weight is 223 g/mol. The first kappa shape index (κ1) is 11.4. The summed E-state index contributed by atoms with van der Waals surface area (Å²) in [6.45, 7) is 4.52. The number of ether oxygens (including phenoxy) is 1. The molecule has 1 aromatic heterocycles. The molecule has 16 heavy (non-hydrogen) atoms. The van der Waals surface area contributed by atoms with E-state index in [1.54, 1.807) is 6.07 Å². The lowest BCUT2D eigenvalue weighted by molar-refractivity contribution is 0.100. The van der Waals surface area contributed by atoms with Crippen molar-refractivity contribution in [3.05, 3.63) is 24.3 Å².